The van der Waals surface area contributed by atoms with Crippen LogP contribution in [0.2, 0.25) is 0 Å². The highest BCUT2D eigenvalue weighted by molar-refractivity contribution is 6.04. The molecule has 0 bridgehead atoms. The maximum atomic E-state index is 12.2. The maximum Gasteiger partial charge on any atom is 0.264 e. The average Bonchev–Trinajstić information content (AvgIpc) is 2.97. The molecule has 2 rings (SSSR count). The minimum Gasteiger partial charge on any atom is -0.382 e. The van der Waals surface area contributed by atoms with Crippen LogP contribution < -0.4 is 10.6 Å². The predicted molar refractivity (Wildman–Crippen MR) is 88.1 cm³/mol. The van der Waals surface area contributed by atoms with Crippen LogP contribution in [0, 0.1) is 6.92 Å². The second-order valence-corrected chi connectivity index (χ2v) is 6.10. The van der Waals surface area contributed by atoms with Crippen molar-refractivity contribution in [1.82, 2.24) is 10.6 Å². The quantitative estimate of drug-likeness (QED) is 0.864. The maximum absolute atomic E-state index is 12.2. The molecule has 0 aliphatic carbocycles. The Hall–Kier alpha value is -2.37. The van der Waals surface area contributed by atoms with Crippen LogP contribution in [0.3, 0.4) is 0 Å². The van der Waals surface area contributed by atoms with Gasteiger partial charge in [0.2, 0.25) is 12.0 Å². The fraction of sp³-hybridized carbons (Fsp3) is 0.471. The second kappa shape index (κ2) is 7.26. The van der Waals surface area contributed by atoms with Gasteiger partial charge in [-0.1, -0.05) is 35.0 Å². The molecule has 2 N–H and O–H groups in total. The minimum absolute atomic E-state index is 0.0288. The Morgan fingerprint density at radius 2 is 1.83 bits per heavy atom. The molecule has 6 nitrogen and oxygen atoms in total. The van der Waals surface area contributed by atoms with E-state index in [2.05, 4.69) is 15.8 Å². The number of hydrogen-bond donors (Lipinski definition) is 2. The van der Waals surface area contributed by atoms with Crippen LogP contribution in [0.1, 0.15) is 38.3 Å². The van der Waals surface area contributed by atoms with E-state index in [-0.39, 0.29) is 17.9 Å². The van der Waals surface area contributed by atoms with Crippen LogP contribution in [0.25, 0.3) is 0 Å². The lowest BCUT2D eigenvalue weighted by Gasteiger charge is -2.17. The largest absolute Gasteiger partial charge is 0.382 e. The van der Waals surface area contributed by atoms with E-state index >= 15 is 0 Å². The number of oxime groups is 1. The summed E-state index contributed by atoms with van der Waals surface area (Å²) in [5, 5.41) is 9.41. The lowest BCUT2D eigenvalue weighted by Crippen LogP contribution is -2.49. The summed E-state index contributed by atoms with van der Waals surface area (Å²) < 4.78 is 0. The molecule has 0 fully saturated rings. The molecule has 0 spiro atoms. The van der Waals surface area contributed by atoms with Gasteiger partial charge >= 0.3 is 0 Å². The lowest BCUT2D eigenvalue weighted by atomic mass is 10.0. The lowest BCUT2D eigenvalue weighted by molar-refractivity contribution is -0.135. The van der Waals surface area contributed by atoms with Crippen LogP contribution in [-0.4, -0.2) is 35.7 Å². The Balaban J connectivity index is 1.88. The van der Waals surface area contributed by atoms with Crippen LogP contribution in [0.4, 0.5) is 0 Å². The summed E-state index contributed by atoms with van der Waals surface area (Å²) in [5.74, 6) is -0.548. The Labute approximate surface area is 136 Å². The van der Waals surface area contributed by atoms with Crippen LogP contribution in [-0.2, 0) is 14.4 Å². The van der Waals surface area contributed by atoms with E-state index in [1.54, 1.807) is 6.92 Å². The molecule has 0 saturated carbocycles. The second-order valence-electron chi connectivity index (χ2n) is 6.10. The van der Waals surface area contributed by atoms with Gasteiger partial charge in [0.15, 0.2) is 0 Å². The summed E-state index contributed by atoms with van der Waals surface area (Å²) in [5.41, 5.74) is 2.84. The number of nitrogens with one attached hydrogen (secondary N) is 2. The summed E-state index contributed by atoms with van der Waals surface area (Å²) >= 11 is 0. The molecule has 0 radical (unpaired) electrons. The van der Waals surface area contributed by atoms with E-state index in [1.807, 2.05) is 45.0 Å². The number of aryl methyl sites for hydroxylation is 1. The smallest absolute Gasteiger partial charge is 0.264 e. The molecule has 23 heavy (non-hydrogen) atoms. The van der Waals surface area contributed by atoms with Gasteiger partial charge in [-0.2, -0.15) is 0 Å². The SMILES string of the molecule is Cc1ccc(C2=NO[C@@H](C(=O)N[C@H](C)C(=O)NC(C)C)C2)cc1. The molecule has 0 saturated heterocycles. The predicted octanol–water partition coefficient (Wildman–Crippen LogP) is 1.52. The number of benzene rings is 1. The van der Waals surface area contributed by atoms with E-state index in [1.165, 1.54) is 0 Å². The Morgan fingerprint density at radius 3 is 2.43 bits per heavy atom. The fourth-order valence-electron chi connectivity index (χ4n) is 2.22. The molecule has 2 atom stereocenters. The van der Waals surface area contributed by atoms with Crippen molar-refractivity contribution >= 4 is 17.5 Å². The molecule has 2 amide bonds. The molecular weight excluding hydrogens is 294 g/mol. The summed E-state index contributed by atoms with van der Waals surface area (Å²) in [6.07, 6.45) is -0.298. The van der Waals surface area contributed by atoms with Crippen LogP contribution >= 0.6 is 0 Å². The van der Waals surface area contributed by atoms with E-state index < -0.39 is 12.1 Å². The first kappa shape index (κ1) is 17.0. The molecule has 6 heteroatoms. The van der Waals surface area contributed by atoms with Gasteiger partial charge in [0, 0.05) is 12.5 Å². The van der Waals surface area contributed by atoms with E-state index in [0.717, 1.165) is 16.8 Å². The van der Waals surface area contributed by atoms with E-state index in [0.29, 0.717) is 6.42 Å². The zero-order chi connectivity index (χ0) is 17.0. The minimum atomic E-state index is -0.694. The zero-order valence-electron chi connectivity index (χ0n) is 13.9. The normalized spacial score (nSPS) is 18.1. The van der Waals surface area contributed by atoms with Crippen molar-refractivity contribution in [2.75, 3.05) is 0 Å². The first-order chi connectivity index (χ1) is 10.9. The number of hydrogen-bond acceptors (Lipinski definition) is 4. The van der Waals surface area contributed by atoms with Crippen LogP contribution in [0.15, 0.2) is 29.4 Å². The van der Waals surface area contributed by atoms with Crippen molar-refractivity contribution in [2.45, 2.75) is 52.3 Å². The van der Waals surface area contributed by atoms with Crippen LogP contribution in [0.5, 0.6) is 0 Å². The van der Waals surface area contributed by atoms with Crippen molar-refractivity contribution in [3.63, 3.8) is 0 Å². The number of nitrogens with zero attached hydrogens (tertiary/aromatic N) is 1. The van der Waals surface area contributed by atoms with Crippen molar-refractivity contribution in [2.24, 2.45) is 5.16 Å². The molecule has 1 heterocycles. The van der Waals surface area contributed by atoms with Gasteiger partial charge in [-0.3, -0.25) is 9.59 Å². The first-order valence-electron chi connectivity index (χ1n) is 7.77. The van der Waals surface area contributed by atoms with Gasteiger partial charge in [0.05, 0.1) is 5.71 Å². The molecular formula is C17H23N3O3. The first-order valence-corrected chi connectivity index (χ1v) is 7.77. The average molecular weight is 317 g/mol. The van der Waals surface area contributed by atoms with E-state index in [4.69, 9.17) is 4.84 Å². The van der Waals surface area contributed by atoms with E-state index in [9.17, 15) is 9.59 Å². The molecule has 1 aromatic carbocycles. The number of rotatable bonds is 5. The number of amides is 2. The van der Waals surface area contributed by atoms with Gasteiger partial charge in [-0.05, 0) is 33.3 Å². The summed E-state index contributed by atoms with van der Waals surface area (Å²) in [6, 6.07) is 7.30. The third-order valence-corrected chi connectivity index (χ3v) is 3.53. The fourth-order valence-corrected chi connectivity index (χ4v) is 2.22. The Kier molecular flexibility index (Phi) is 5.36. The topological polar surface area (TPSA) is 79.8 Å². The Morgan fingerprint density at radius 1 is 1.17 bits per heavy atom. The van der Waals surface area contributed by atoms with Gasteiger partial charge in [-0.25, -0.2) is 0 Å². The van der Waals surface area contributed by atoms with Crippen molar-refractivity contribution in [3.8, 4) is 0 Å². The van der Waals surface area contributed by atoms with Gasteiger partial charge in [-0.15, -0.1) is 0 Å². The van der Waals surface area contributed by atoms with Crippen molar-refractivity contribution in [1.29, 1.82) is 0 Å². The molecule has 124 valence electrons. The summed E-state index contributed by atoms with van der Waals surface area (Å²) in [4.78, 5) is 29.2. The highest BCUT2D eigenvalue weighted by Gasteiger charge is 2.30. The molecule has 1 aliphatic rings. The number of carbonyl (C=O) groups is 2. The van der Waals surface area contributed by atoms with Crippen molar-refractivity contribution < 1.29 is 14.4 Å². The van der Waals surface area contributed by atoms with Gasteiger partial charge in [0.25, 0.3) is 5.91 Å². The molecule has 1 aliphatic heterocycles. The van der Waals surface area contributed by atoms with Gasteiger partial charge < -0.3 is 15.5 Å². The van der Waals surface area contributed by atoms with Crippen molar-refractivity contribution in [3.05, 3.63) is 35.4 Å². The monoisotopic (exact) mass is 317 g/mol. The molecule has 0 aromatic heterocycles. The summed E-state index contributed by atoms with van der Waals surface area (Å²) in [6.45, 7) is 7.39. The Bertz CT molecular complexity index is 608. The highest BCUT2D eigenvalue weighted by Crippen LogP contribution is 2.17. The zero-order valence-corrected chi connectivity index (χ0v) is 13.9. The third-order valence-electron chi connectivity index (χ3n) is 3.53. The molecule has 1 aromatic rings. The van der Waals surface area contributed by atoms with Gasteiger partial charge in [0.1, 0.15) is 6.04 Å². The molecule has 0 unspecified atom stereocenters. The number of carbonyl (C=O) groups excluding carboxylic acids is 2. The standard InChI is InChI=1S/C17H23N3O3/c1-10(2)18-16(21)12(4)19-17(22)15-9-14(20-23-15)13-7-5-11(3)6-8-13/h5-8,10,12,15H,9H2,1-4H3,(H,18,21)(H,19,22)/t12-,15-/m1/s1. The highest BCUT2D eigenvalue weighted by atomic mass is 16.6. The third kappa shape index (κ3) is 4.55. The summed E-state index contributed by atoms with van der Waals surface area (Å²) in [7, 11) is 0.